The summed E-state index contributed by atoms with van der Waals surface area (Å²) in [5.41, 5.74) is 7.98. The summed E-state index contributed by atoms with van der Waals surface area (Å²) in [5.74, 6) is -0.0184. The molecule has 0 radical (unpaired) electrons. The fourth-order valence-corrected chi connectivity index (χ4v) is 1.87. The molecule has 0 fully saturated rings. The first-order chi connectivity index (χ1) is 8.08. The monoisotopic (exact) mass is 234 g/mol. The Morgan fingerprint density at radius 3 is 2.71 bits per heavy atom. The number of nitrogen functional groups attached to an aromatic ring is 1. The lowest BCUT2D eigenvalue weighted by atomic mass is 10.1. The Hall–Kier alpha value is -1.51. The molecule has 3 N–H and O–H groups in total. The van der Waals surface area contributed by atoms with Crippen LogP contribution in [0, 0.1) is 6.92 Å². The van der Waals surface area contributed by atoms with Gasteiger partial charge in [-0.25, -0.2) is 0 Å². The second-order valence-electron chi connectivity index (χ2n) is 4.44. The number of amides is 1. The molecule has 0 saturated heterocycles. The number of carbonyl (C=O) groups excluding carboxylic acids is 1. The standard InChI is InChI=1S/C14H22N2O/c1-4-6-12(5-2)16-14(17)13-9-11(15)8-7-10(13)3/h7-9,12H,4-6,15H2,1-3H3,(H,16,17). The fraction of sp³-hybridized carbons (Fsp3) is 0.500. The van der Waals surface area contributed by atoms with E-state index in [0.717, 1.165) is 24.8 Å². The average Bonchev–Trinajstić information content (AvgIpc) is 2.31. The molecule has 1 atom stereocenters. The number of nitrogens with two attached hydrogens (primary N) is 1. The zero-order valence-electron chi connectivity index (χ0n) is 10.9. The van der Waals surface area contributed by atoms with Crippen molar-refractivity contribution in [1.82, 2.24) is 5.32 Å². The average molecular weight is 234 g/mol. The number of aryl methyl sites for hydroxylation is 1. The number of carbonyl (C=O) groups is 1. The highest BCUT2D eigenvalue weighted by Crippen LogP contribution is 2.13. The van der Waals surface area contributed by atoms with E-state index in [0.29, 0.717) is 11.3 Å². The fourth-order valence-electron chi connectivity index (χ4n) is 1.87. The molecule has 1 aromatic carbocycles. The van der Waals surface area contributed by atoms with Gasteiger partial charge in [0.05, 0.1) is 0 Å². The molecule has 3 nitrogen and oxygen atoms in total. The molecule has 17 heavy (non-hydrogen) atoms. The Balaban J connectivity index is 2.78. The van der Waals surface area contributed by atoms with Crippen LogP contribution in [0.15, 0.2) is 18.2 Å². The van der Waals surface area contributed by atoms with Crippen LogP contribution in [0.4, 0.5) is 5.69 Å². The summed E-state index contributed by atoms with van der Waals surface area (Å²) < 4.78 is 0. The Labute approximate surface area is 103 Å². The van der Waals surface area contributed by atoms with Gasteiger partial charge in [-0.1, -0.05) is 26.3 Å². The minimum atomic E-state index is -0.0184. The number of benzene rings is 1. The molecule has 1 amide bonds. The van der Waals surface area contributed by atoms with E-state index in [1.165, 1.54) is 0 Å². The van der Waals surface area contributed by atoms with Crippen molar-refractivity contribution in [3.8, 4) is 0 Å². The topological polar surface area (TPSA) is 55.1 Å². The Morgan fingerprint density at radius 2 is 2.12 bits per heavy atom. The van der Waals surface area contributed by atoms with Crippen LogP contribution in [0.1, 0.15) is 49.0 Å². The molecule has 0 aromatic heterocycles. The number of nitrogens with one attached hydrogen (secondary N) is 1. The van der Waals surface area contributed by atoms with Gasteiger partial charge in [-0.3, -0.25) is 4.79 Å². The number of hydrogen-bond acceptors (Lipinski definition) is 2. The molecule has 94 valence electrons. The molecule has 0 bridgehead atoms. The van der Waals surface area contributed by atoms with Gasteiger partial charge >= 0.3 is 0 Å². The van der Waals surface area contributed by atoms with Crippen molar-refractivity contribution in [3.05, 3.63) is 29.3 Å². The summed E-state index contributed by atoms with van der Waals surface area (Å²) in [6.07, 6.45) is 3.05. The third-order valence-electron chi connectivity index (χ3n) is 2.97. The van der Waals surface area contributed by atoms with Crippen molar-refractivity contribution in [1.29, 1.82) is 0 Å². The van der Waals surface area contributed by atoms with Gasteiger partial charge < -0.3 is 11.1 Å². The van der Waals surface area contributed by atoms with Gasteiger partial charge in [-0.2, -0.15) is 0 Å². The van der Waals surface area contributed by atoms with Gasteiger partial charge in [-0.05, 0) is 37.5 Å². The van der Waals surface area contributed by atoms with E-state index in [9.17, 15) is 4.79 Å². The van der Waals surface area contributed by atoms with Crippen LogP contribution in [-0.4, -0.2) is 11.9 Å². The molecule has 3 heteroatoms. The maximum absolute atomic E-state index is 12.1. The molecule has 0 heterocycles. The van der Waals surface area contributed by atoms with Crippen LogP contribution < -0.4 is 11.1 Å². The van der Waals surface area contributed by atoms with E-state index in [-0.39, 0.29) is 11.9 Å². The minimum Gasteiger partial charge on any atom is -0.399 e. The second kappa shape index (κ2) is 6.28. The summed E-state index contributed by atoms with van der Waals surface area (Å²) >= 11 is 0. The van der Waals surface area contributed by atoms with Crippen LogP contribution in [0.25, 0.3) is 0 Å². The molecular formula is C14H22N2O. The van der Waals surface area contributed by atoms with E-state index in [1.54, 1.807) is 6.07 Å². The van der Waals surface area contributed by atoms with Crippen molar-refractivity contribution >= 4 is 11.6 Å². The Morgan fingerprint density at radius 1 is 1.41 bits per heavy atom. The quantitative estimate of drug-likeness (QED) is 0.770. The summed E-state index contributed by atoms with van der Waals surface area (Å²) in [4.78, 5) is 12.1. The van der Waals surface area contributed by atoms with Crippen LogP contribution in [0.3, 0.4) is 0 Å². The Bertz CT molecular complexity index is 388. The lowest BCUT2D eigenvalue weighted by Crippen LogP contribution is -2.34. The Kier molecular flexibility index (Phi) is 5.01. The summed E-state index contributed by atoms with van der Waals surface area (Å²) in [7, 11) is 0. The van der Waals surface area contributed by atoms with E-state index < -0.39 is 0 Å². The van der Waals surface area contributed by atoms with Crippen molar-refractivity contribution in [2.45, 2.75) is 46.1 Å². The molecule has 0 aliphatic heterocycles. The molecule has 1 aromatic rings. The van der Waals surface area contributed by atoms with Crippen LogP contribution in [0.5, 0.6) is 0 Å². The third-order valence-corrected chi connectivity index (χ3v) is 2.97. The molecular weight excluding hydrogens is 212 g/mol. The maximum atomic E-state index is 12.1. The first kappa shape index (κ1) is 13.6. The summed E-state index contributed by atoms with van der Waals surface area (Å²) in [6.45, 7) is 6.14. The zero-order valence-corrected chi connectivity index (χ0v) is 10.9. The highest BCUT2D eigenvalue weighted by atomic mass is 16.1. The zero-order chi connectivity index (χ0) is 12.8. The van der Waals surface area contributed by atoms with Crippen molar-refractivity contribution in [3.63, 3.8) is 0 Å². The predicted molar refractivity (Wildman–Crippen MR) is 72.0 cm³/mol. The lowest BCUT2D eigenvalue weighted by molar-refractivity contribution is 0.0933. The van der Waals surface area contributed by atoms with E-state index in [2.05, 4.69) is 19.2 Å². The highest BCUT2D eigenvalue weighted by Gasteiger charge is 2.13. The highest BCUT2D eigenvalue weighted by molar-refractivity contribution is 5.96. The number of anilines is 1. The smallest absolute Gasteiger partial charge is 0.251 e. The van der Waals surface area contributed by atoms with Crippen molar-refractivity contribution in [2.24, 2.45) is 0 Å². The van der Waals surface area contributed by atoms with Gasteiger partial charge in [0, 0.05) is 17.3 Å². The van der Waals surface area contributed by atoms with Gasteiger partial charge in [0.1, 0.15) is 0 Å². The molecule has 1 unspecified atom stereocenters. The van der Waals surface area contributed by atoms with E-state index in [1.807, 2.05) is 19.1 Å². The van der Waals surface area contributed by atoms with Crippen molar-refractivity contribution in [2.75, 3.05) is 5.73 Å². The molecule has 1 rings (SSSR count). The predicted octanol–water partition coefficient (Wildman–Crippen LogP) is 2.89. The van der Waals surface area contributed by atoms with E-state index >= 15 is 0 Å². The van der Waals surface area contributed by atoms with Gasteiger partial charge in [0.25, 0.3) is 5.91 Å². The van der Waals surface area contributed by atoms with Crippen molar-refractivity contribution < 1.29 is 4.79 Å². The second-order valence-corrected chi connectivity index (χ2v) is 4.44. The maximum Gasteiger partial charge on any atom is 0.251 e. The molecule has 0 spiro atoms. The van der Waals surface area contributed by atoms with Gasteiger partial charge in [-0.15, -0.1) is 0 Å². The lowest BCUT2D eigenvalue weighted by Gasteiger charge is -2.17. The SMILES string of the molecule is CCCC(CC)NC(=O)c1cc(N)ccc1C. The molecule has 0 aliphatic rings. The first-order valence-corrected chi connectivity index (χ1v) is 6.25. The minimum absolute atomic E-state index is 0.0184. The van der Waals surface area contributed by atoms with Gasteiger partial charge in [0.15, 0.2) is 0 Å². The summed E-state index contributed by atoms with van der Waals surface area (Å²) in [6, 6.07) is 5.69. The van der Waals surface area contributed by atoms with Crippen LogP contribution in [-0.2, 0) is 0 Å². The third kappa shape index (κ3) is 3.77. The first-order valence-electron chi connectivity index (χ1n) is 6.25. The molecule has 0 aliphatic carbocycles. The molecule has 0 saturated carbocycles. The number of hydrogen-bond donors (Lipinski definition) is 2. The van der Waals surface area contributed by atoms with Crippen LogP contribution >= 0.6 is 0 Å². The summed E-state index contributed by atoms with van der Waals surface area (Å²) in [5, 5.41) is 3.06. The van der Waals surface area contributed by atoms with Gasteiger partial charge in [0.2, 0.25) is 0 Å². The largest absolute Gasteiger partial charge is 0.399 e. The van der Waals surface area contributed by atoms with E-state index in [4.69, 9.17) is 5.73 Å². The normalized spacial score (nSPS) is 12.2. The number of rotatable bonds is 5. The van der Waals surface area contributed by atoms with Crippen LogP contribution in [0.2, 0.25) is 0 Å².